The largest absolute Gasteiger partial charge is 0.478 e. The van der Waals surface area contributed by atoms with Crippen LogP contribution in [0.15, 0.2) is 46.9 Å². The molecule has 2 rings (SSSR count). The number of benzene rings is 2. The van der Waals surface area contributed by atoms with E-state index in [4.69, 9.17) is 9.47 Å². The summed E-state index contributed by atoms with van der Waals surface area (Å²) in [5, 5.41) is -0.0226. The Labute approximate surface area is 201 Å². The van der Waals surface area contributed by atoms with Gasteiger partial charge in [0.2, 0.25) is 0 Å². The van der Waals surface area contributed by atoms with E-state index in [0.717, 1.165) is 52.8 Å². The first-order valence-corrected chi connectivity index (χ1v) is 13.2. The number of hydrogen-bond acceptors (Lipinski definition) is 2. The van der Waals surface area contributed by atoms with Crippen LogP contribution in [-0.4, -0.2) is 10.0 Å². The molecule has 0 saturated carbocycles. The van der Waals surface area contributed by atoms with Crippen molar-refractivity contribution in [3.05, 3.63) is 46.9 Å². The molecule has 0 aliphatic carbocycles. The SMILES string of the molecule is CCCCCC(Br)Oc1cccc(OC(Br)CCCCC)c1-c1ccc(Br)cc1. The molecule has 0 fully saturated rings. The Bertz CT molecular complexity index is 682. The third-order valence-electron chi connectivity index (χ3n) is 4.70. The highest BCUT2D eigenvalue weighted by molar-refractivity contribution is 9.10. The van der Waals surface area contributed by atoms with Crippen LogP contribution in [0.2, 0.25) is 0 Å². The summed E-state index contributed by atoms with van der Waals surface area (Å²) in [5.41, 5.74) is 2.08. The summed E-state index contributed by atoms with van der Waals surface area (Å²) in [6.45, 7) is 4.43. The number of alkyl halides is 2. The smallest absolute Gasteiger partial charge is 0.153 e. The Balaban J connectivity index is 2.26. The second-order valence-electron chi connectivity index (χ2n) is 7.18. The zero-order valence-corrected chi connectivity index (χ0v) is 22.1. The second-order valence-corrected chi connectivity index (χ2v) is 10.1. The van der Waals surface area contributed by atoms with Gasteiger partial charge in [-0.25, -0.2) is 0 Å². The van der Waals surface area contributed by atoms with E-state index in [1.54, 1.807) is 0 Å². The molecule has 0 N–H and O–H groups in total. The molecule has 0 aliphatic rings. The zero-order valence-electron chi connectivity index (χ0n) is 17.3. The van der Waals surface area contributed by atoms with Crippen LogP contribution in [-0.2, 0) is 0 Å². The lowest BCUT2D eigenvalue weighted by Gasteiger charge is -2.21. The molecule has 0 bridgehead atoms. The lowest BCUT2D eigenvalue weighted by atomic mass is 10.0. The van der Waals surface area contributed by atoms with Gasteiger partial charge in [-0.15, -0.1) is 0 Å². The molecule has 0 saturated heterocycles. The Morgan fingerprint density at radius 3 is 1.66 bits per heavy atom. The summed E-state index contributed by atoms with van der Waals surface area (Å²) in [5.74, 6) is 1.69. The van der Waals surface area contributed by atoms with E-state index in [9.17, 15) is 0 Å². The molecule has 0 aliphatic heterocycles. The fraction of sp³-hybridized carbons (Fsp3) is 0.500. The molecule has 5 heteroatoms. The monoisotopic (exact) mass is 588 g/mol. The van der Waals surface area contributed by atoms with Gasteiger partial charge in [0.05, 0.1) is 5.56 Å². The van der Waals surface area contributed by atoms with Crippen LogP contribution < -0.4 is 9.47 Å². The summed E-state index contributed by atoms with van der Waals surface area (Å²) in [6, 6.07) is 14.4. The summed E-state index contributed by atoms with van der Waals surface area (Å²) in [6.07, 6.45) is 9.12. The van der Waals surface area contributed by atoms with Gasteiger partial charge in [-0.2, -0.15) is 0 Å². The number of ether oxygens (including phenoxy) is 2. The number of hydrogen-bond donors (Lipinski definition) is 0. The van der Waals surface area contributed by atoms with Gasteiger partial charge in [0.25, 0.3) is 0 Å². The lowest BCUT2D eigenvalue weighted by Crippen LogP contribution is -2.11. The van der Waals surface area contributed by atoms with Crippen LogP contribution in [0.4, 0.5) is 0 Å². The summed E-state index contributed by atoms with van der Waals surface area (Å²) >= 11 is 10.9. The fourth-order valence-electron chi connectivity index (χ4n) is 3.11. The predicted molar refractivity (Wildman–Crippen MR) is 135 cm³/mol. The van der Waals surface area contributed by atoms with Gasteiger partial charge in [0, 0.05) is 4.47 Å². The maximum atomic E-state index is 6.31. The Morgan fingerprint density at radius 1 is 0.724 bits per heavy atom. The highest BCUT2D eigenvalue weighted by Crippen LogP contribution is 2.41. The quantitative estimate of drug-likeness (QED) is 0.171. The lowest BCUT2D eigenvalue weighted by molar-refractivity contribution is 0.266. The minimum absolute atomic E-state index is 0.0113. The summed E-state index contributed by atoms with van der Waals surface area (Å²) in [4.78, 5) is 0. The number of rotatable bonds is 13. The van der Waals surface area contributed by atoms with E-state index in [-0.39, 0.29) is 10.0 Å². The summed E-state index contributed by atoms with van der Waals surface area (Å²) < 4.78 is 13.7. The van der Waals surface area contributed by atoms with Gasteiger partial charge in [0.1, 0.15) is 11.5 Å². The topological polar surface area (TPSA) is 18.5 Å². The first-order chi connectivity index (χ1) is 14.0. The Morgan fingerprint density at radius 2 is 1.21 bits per heavy atom. The van der Waals surface area contributed by atoms with E-state index in [1.165, 1.54) is 25.7 Å². The van der Waals surface area contributed by atoms with Gasteiger partial charge in [-0.1, -0.05) is 73.7 Å². The van der Waals surface area contributed by atoms with Gasteiger partial charge in [-0.3, -0.25) is 0 Å². The molecule has 0 spiro atoms. The van der Waals surface area contributed by atoms with Crippen LogP contribution in [0.5, 0.6) is 11.5 Å². The Kier molecular flexibility index (Phi) is 11.7. The van der Waals surface area contributed by atoms with Crippen LogP contribution in [0, 0.1) is 0 Å². The van der Waals surface area contributed by atoms with Crippen molar-refractivity contribution in [2.75, 3.05) is 0 Å². The van der Waals surface area contributed by atoms with Crippen LogP contribution in [0.1, 0.15) is 65.2 Å². The average Bonchev–Trinajstić information content (AvgIpc) is 2.69. The normalized spacial score (nSPS) is 13.1. The fourth-order valence-corrected chi connectivity index (χ4v) is 4.43. The third kappa shape index (κ3) is 8.63. The van der Waals surface area contributed by atoms with E-state index in [0.29, 0.717) is 0 Å². The Hall–Kier alpha value is -0.520. The first kappa shape index (κ1) is 24.7. The number of unbranched alkanes of at least 4 members (excludes halogenated alkanes) is 4. The van der Waals surface area contributed by atoms with Gasteiger partial charge in [-0.05, 0) is 87.4 Å². The van der Waals surface area contributed by atoms with Crippen molar-refractivity contribution in [2.24, 2.45) is 0 Å². The van der Waals surface area contributed by atoms with Crippen LogP contribution in [0.3, 0.4) is 0 Å². The van der Waals surface area contributed by atoms with E-state index < -0.39 is 0 Å². The van der Waals surface area contributed by atoms with Gasteiger partial charge in [0.15, 0.2) is 10.0 Å². The molecule has 160 valence electrons. The molecule has 29 heavy (non-hydrogen) atoms. The number of halogens is 3. The van der Waals surface area contributed by atoms with E-state index >= 15 is 0 Å². The molecule has 0 heterocycles. The van der Waals surface area contributed by atoms with Crippen LogP contribution >= 0.6 is 47.8 Å². The van der Waals surface area contributed by atoms with Crippen LogP contribution in [0.25, 0.3) is 11.1 Å². The van der Waals surface area contributed by atoms with Crippen molar-refractivity contribution >= 4 is 47.8 Å². The van der Waals surface area contributed by atoms with Gasteiger partial charge < -0.3 is 9.47 Å². The standard InChI is InChI=1S/C24H31Br3O2/c1-3-5-7-12-22(26)28-20-10-9-11-21(29-23(27)13-8-6-4-2)24(20)18-14-16-19(25)17-15-18/h9-11,14-17,22-23H,3-8,12-13H2,1-2H3. The molecule has 2 atom stereocenters. The molecular formula is C24H31Br3O2. The molecule has 0 radical (unpaired) electrons. The average molecular weight is 591 g/mol. The zero-order chi connectivity index (χ0) is 21.1. The van der Waals surface area contributed by atoms with Gasteiger partial charge >= 0.3 is 0 Å². The molecule has 2 aromatic rings. The maximum Gasteiger partial charge on any atom is 0.153 e. The molecule has 2 nitrogen and oxygen atoms in total. The van der Waals surface area contributed by atoms with Crippen molar-refractivity contribution in [3.63, 3.8) is 0 Å². The van der Waals surface area contributed by atoms with Crippen molar-refractivity contribution < 1.29 is 9.47 Å². The highest BCUT2D eigenvalue weighted by Gasteiger charge is 2.18. The second kappa shape index (κ2) is 13.7. The van der Waals surface area contributed by atoms with Crippen molar-refractivity contribution in [1.82, 2.24) is 0 Å². The predicted octanol–water partition coefficient (Wildman–Crippen LogP) is 9.48. The first-order valence-electron chi connectivity index (χ1n) is 10.6. The van der Waals surface area contributed by atoms with Crippen molar-refractivity contribution in [3.8, 4) is 22.6 Å². The molecule has 0 aromatic heterocycles. The molecule has 0 amide bonds. The van der Waals surface area contributed by atoms with E-state index in [1.807, 2.05) is 18.2 Å². The molecular weight excluding hydrogens is 560 g/mol. The minimum Gasteiger partial charge on any atom is -0.478 e. The van der Waals surface area contributed by atoms with Crippen molar-refractivity contribution in [1.29, 1.82) is 0 Å². The summed E-state index contributed by atoms with van der Waals surface area (Å²) in [7, 11) is 0. The maximum absolute atomic E-state index is 6.31. The highest BCUT2D eigenvalue weighted by atomic mass is 79.9. The minimum atomic E-state index is -0.0113. The molecule has 2 aromatic carbocycles. The third-order valence-corrected chi connectivity index (χ3v) is 6.52. The molecule has 2 unspecified atom stereocenters. The van der Waals surface area contributed by atoms with Crippen molar-refractivity contribution in [2.45, 2.75) is 75.2 Å². The van der Waals surface area contributed by atoms with E-state index in [2.05, 4.69) is 85.9 Å².